The second kappa shape index (κ2) is 1.94. The fourth-order valence-electron chi connectivity index (χ4n) is 1.29. The first-order valence-electron chi connectivity index (χ1n) is 3.37. The van der Waals surface area contributed by atoms with Crippen LogP contribution in [0.1, 0.15) is 6.42 Å². The topological polar surface area (TPSA) is 76.0 Å². The Hall–Kier alpha value is -0.650. The third-order valence-electron chi connectivity index (χ3n) is 1.98. The molecule has 0 spiro atoms. The van der Waals surface area contributed by atoms with Gasteiger partial charge in [0.25, 0.3) is 5.79 Å². The summed E-state index contributed by atoms with van der Waals surface area (Å²) in [5, 5.41) is 18.5. The van der Waals surface area contributed by atoms with Gasteiger partial charge in [-0.2, -0.15) is 0 Å². The number of esters is 1. The zero-order valence-corrected chi connectivity index (χ0v) is 5.69. The lowest BCUT2D eigenvalue weighted by molar-refractivity contribution is -0.310. The van der Waals surface area contributed by atoms with Gasteiger partial charge in [-0.3, -0.25) is 0 Å². The molecule has 0 aliphatic carbocycles. The van der Waals surface area contributed by atoms with E-state index in [4.69, 9.17) is 9.84 Å². The molecule has 11 heavy (non-hydrogen) atoms. The van der Waals surface area contributed by atoms with Crippen LogP contribution in [0.25, 0.3) is 0 Å². The van der Waals surface area contributed by atoms with Crippen molar-refractivity contribution >= 4 is 5.97 Å². The van der Waals surface area contributed by atoms with Gasteiger partial charge in [0, 0.05) is 6.42 Å². The Morgan fingerprint density at radius 1 is 1.64 bits per heavy atom. The molecular formula is C6H8O5. The molecule has 0 aromatic rings. The van der Waals surface area contributed by atoms with Crippen molar-refractivity contribution in [2.45, 2.75) is 24.4 Å². The van der Waals surface area contributed by atoms with Gasteiger partial charge < -0.3 is 19.7 Å². The molecule has 0 aromatic heterocycles. The molecule has 2 N–H and O–H groups in total. The lowest BCUT2D eigenvalue weighted by Gasteiger charge is -2.43. The summed E-state index contributed by atoms with van der Waals surface area (Å²) >= 11 is 0. The SMILES string of the molecule is O=C1OC2COC1(O)CC2O. The molecule has 0 aromatic carbocycles. The second-order valence-corrected chi connectivity index (χ2v) is 2.81. The van der Waals surface area contributed by atoms with Crippen molar-refractivity contribution in [1.82, 2.24) is 0 Å². The summed E-state index contributed by atoms with van der Waals surface area (Å²) in [4.78, 5) is 10.8. The highest BCUT2D eigenvalue weighted by Crippen LogP contribution is 2.31. The van der Waals surface area contributed by atoms with E-state index in [0.717, 1.165) is 0 Å². The lowest BCUT2D eigenvalue weighted by Crippen LogP contribution is -2.62. The quantitative estimate of drug-likeness (QED) is 0.416. The van der Waals surface area contributed by atoms with Gasteiger partial charge in [-0.15, -0.1) is 0 Å². The number of rotatable bonds is 0. The van der Waals surface area contributed by atoms with Crippen molar-refractivity contribution in [3.05, 3.63) is 0 Å². The van der Waals surface area contributed by atoms with Crippen LogP contribution < -0.4 is 0 Å². The zero-order valence-electron chi connectivity index (χ0n) is 5.69. The minimum Gasteiger partial charge on any atom is -0.453 e. The summed E-state index contributed by atoms with van der Waals surface area (Å²) in [7, 11) is 0. The lowest BCUT2D eigenvalue weighted by atomic mass is 9.97. The number of carbonyl (C=O) groups is 1. The Balaban J connectivity index is 2.26. The molecule has 3 atom stereocenters. The van der Waals surface area contributed by atoms with E-state index >= 15 is 0 Å². The highest BCUT2D eigenvalue weighted by atomic mass is 16.7. The fraction of sp³-hybridized carbons (Fsp3) is 0.833. The maximum atomic E-state index is 10.8. The van der Waals surface area contributed by atoms with Crippen LogP contribution in [0.15, 0.2) is 0 Å². The summed E-state index contributed by atoms with van der Waals surface area (Å²) in [6.07, 6.45) is -1.49. The van der Waals surface area contributed by atoms with Gasteiger partial charge in [0.2, 0.25) is 0 Å². The molecule has 3 unspecified atom stereocenters. The van der Waals surface area contributed by atoms with Crippen LogP contribution in [-0.4, -0.2) is 40.8 Å². The van der Waals surface area contributed by atoms with E-state index in [1.165, 1.54) is 0 Å². The summed E-state index contributed by atoms with van der Waals surface area (Å²) in [6, 6.07) is 0. The molecule has 3 aliphatic rings. The predicted octanol–water partition coefficient (Wildman–Crippen LogP) is -1.62. The van der Waals surface area contributed by atoms with Crippen molar-refractivity contribution < 1.29 is 24.5 Å². The number of ether oxygens (including phenoxy) is 2. The van der Waals surface area contributed by atoms with Crippen LogP contribution in [0.2, 0.25) is 0 Å². The molecule has 0 amide bonds. The first-order valence-corrected chi connectivity index (χ1v) is 3.37. The monoisotopic (exact) mass is 160 g/mol. The van der Waals surface area contributed by atoms with Gasteiger partial charge in [-0.1, -0.05) is 0 Å². The first kappa shape index (κ1) is 7.02. The molecule has 5 heteroatoms. The van der Waals surface area contributed by atoms with Gasteiger partial charge in [0.15, 0.2) is 6.10 Å². The molecule has 2 bridgehead atoms. The minimum atomic E-state index is -1.89. The molecule has 3 heterocycles. The average Bonchev–Trinajstić information content (AvgIpc) is 1.92. The van der Waals surface area contributed by atoms with E-state index in [0.29, 0.717) is 0 Å². The van der Waals surface area contributed by atoms with Crippen LogP contribution in [0.5, 0.6) is 0 Å². The van der Waals surface area contributed by atoms with E-state index in [2.05, 4.69) is 4.74 Å². The Bertz CT molecular complexity index is 203. The smallest absolute Gasteiger partial charge is 0.367 e. The molecule has 62 valence electrons. The van der Waals surface area contributed by atoms with Crippen LogP contribution in [-0.2, 0) is 14.3 Å². The van der Waals surface area contributed by atoms with Gasteiger partial charge in [-0.05, 0) is 0 Å². The molecule has 3 fully saturated rings. The summed E-state index contributed by atoms with van der Waals surface area (Å²) < 4.78 is 9.40. The number of aliphatic hydroxyl groups excluding tert-OH is 1. The Kier molecular flexibility index (Phi) is 1.24. The van der Waals surface area contributed by atoms with Crippen LogP contribution in [0.4, 0.5) is 0 Å². The van der Waals surface area contributed by atoms with Crippen LogP contribution >= 0.6 is 0 Å². The standard InChI is InChI=1S/C6H8O5/c7-3-1-6(9)5(8)11-4(3)2-10-6/h3-4,7,9H,1-2H2. The fourth-order valence-corrected chi connectivity index (χ4v) is 1.29. The third-order valence-corrected chi connectivity index (χ3v) is 1.98. The molecule has 3 rings (SSSR count). The molecule has 3 aliphatic heterocycles. The van der Waals surface area contributed by atoms with E-state index in [-0.39, 0.29) is 13.0 Å². The summed E-state index contributed by atoms with van der Waals surface area (Å²) in [5.74, 6) is -2.69. The third kappa shape index (κ3) is 0.852. The molecule has 5 nitrogen and oxygen atoms in total. The first-order chi connectivity index (χ1) is 5.12. The van der Waals surface area contributed by atoms with E-state index in [1.807, 2.05) is 0 Å². The number of fused-ring (bicyclic) bond motifs is 3. The number of carbonyl (C=O) groups excluding carboxylic acids is 1. The van der Waals surface area contributed by atoms with Gasteiger partial charge >= 0.3 is 5.97 Å². The van der Waals surface area contributed by atoms with Gasteiger partial charge in [0.1, 0.15) is 0 Å². The second-order valence-electron chi connectivity index (χ2n) is 2.81. The normalized spacial score (nSPS) is 49.1. The zero-order chi connectivity index (χ0) is 8.06. The molecule has 0 radical (unpaired) electrons. The molecular weight excluding hydrogens is 152 g/mol. The van der Waals surface area contributed by atoms with Crippen molar-refractivity contribution in [3.63, 3.8) is 0 Å². The number of aliphatic hydroxyl groups is 2. The van der Waals surface area contributed by atoms with Crippen LogP contribution in [0, 0.1) is 0 Å². The maximum Gasteiger partial charge on any atom is 0.367 e. The van der Waals surface area contributed by atoms with E-state index in [1.54, 1.807) is 0 Å². The number of hydrogen-bond donors (Lipinski definition) is 2. The minimum absolute atomic E-state index is 0.0728. The van der Waals surface area contributed by atoms with E-state index < -0.39 is 24.0 Å². The van der Waals surface area contributed by atoms with Crippen molar-refractivity contribution in [2.24, 2.45) is 0 Å². The highest BCUT2D eigenvalue weighted by Gasteiger charge is 2.54. The summed E-state index contributed by atoms with van der Waals surface area (Å²) in [5.41, 5.74) is 0. The Morgan fingerprint density at radius 2 is 2.36 bits per heavy atom. The van der Waals surface area contributed by atoms with Crippen molar-refractivity contribution in [2.75, 3.05) is 6.61 Å². The molecule has 3 saturated heterocycles. The largest absolute Gasteiger partial charge is 0.453 e. The maximum absolute atomic E-state index is 10.8. The average molecular weight is 160 g/mol. The molecule has 0 saturated carbocycles. The number of hydrogen-bond acceptors (Lipinski definition) is 5. The van der Waals surface area contributed by atoms with Crippen molar-refractivity contribution in [3.8, 4) is 0 Å². The van der Waals surface area contributed by atoms with Gasteiger partial charge in [-0.25, -0.2) is 4.79 Å². The van der Waals surface area contributed by atoms with E-state index in [9.17, 15) is 9.90 Å². The predicted molar refractivity (Wildman–Crippen MR) is 31.4 cm³/mol. The highest BCUT2D eigenvalue weighted by molar-refractivity contribution is 5.79. The summed E-state index contributed by atoms with van der Waals surface area (Å²) in [6.45, 7) is 0.0728. The van der Waals surface area contributed by atoms with Crippen LogP contribution in [0.3, 0.4) is 0 Å². The Labute approximate surface area is 62.5 Å². The van der Waals surface area contributed by atoms with Crippen molar-refractivity contribution in [1.29, 1.82) is 0 Å². The Morgan fingerprint density at radius 3 is 2.73 bits per heavy atom. The van der Waals surface area contributed by atoms with Gasteiger partial charge in [0.05, 0.1) is 12.7 Å².